The van der Waals surface area contributed by atoms with Gasteiger partial charge in [-0.05, 0) is 54.3 Å². The van der Waals surface area contributed by atoms with Crippen LogP contribution in [0.3, 0.4) is 0 Å². The molecule has 0 heterocycles. The van der Waals surface area contributed by atoms with Crippen LogP contribution in [0.4, 0.5) is 17.6 Å². The topological polar surface area (TPSA) is 55.8 Å². The number of aliphatic hydroxyl groups excluding tert-OH is 1. The summed E-state index contributed by atoms with van der Waals surface area (Å²) in [7, 11) is 0. The van der Waals surface area contributed by atoms with E-state index in [9.17, 15) is 23.1 Å². The highest BCUT2D eigenvalue weighted by Gasteiger charge is 2.20. The monoisotopic (exact) mass is 536 g/mol. The summed E-state index contributed by atoms with van der Waals surface area (Å²) >= 11 is 0. The zero-order valence-corrected chi connectivity index (χ0v) is 20.9. The van der Waals surface area contributed by atoms with Crippen LogP contribution in [0.5, 0.6) is 11.5 Å². The van der Waals surface area contributed by atoms with E-state index >= 15 is 4.39 Å². The first kappa shape index (κ1) is 27.6. The zero-order valence-electron chi connectivity index (χ0n) is 20.9. The smallest absolute Gasteiger partial charge is 0.343 e. The number of hydrogen-bond donors (Lipinski definition) is 1. The number of benzene rings is 4. The van der Waals surface area contributed by atoms with Gasteiger partial charge in [0.1, 0.15) is 0 Å². The minimum Gasteiger partial charge on any atom is -0.490 e. The van der Waals surface area contributed by atoms with Crippen molar-refractivity contribution in [2.45, 2.75) is 19.4 Å². The van der Waals surface area contributed by atoms with Gasteiger partial charge in [0.15, 0.2) is 23.1 Å². The fourth-order valence-corrected chi connectivity index (χ4v) is 3.84. The van der Waals surface area contributed by atoms with Crippen LogP contribution in [0.15, 0.2) is 85.5 Å². The number of ether oxygens (including phenoxy) is 2. The fraction of sp³-hybridized carbons (Fsp3) is 0.129. The summed E-state index contributed by atoms with van der Waals surface area (Å²) < 4.78 is 68.7. The Morgan fingerprint density at radius 2 is 1.31 bits per heavy atom. The summed E-state index contributed by atoms with van der Waals surface area (Å²) in [6.07, 6.45) is 1.32. The van der Waals surface area contributed by atoms with Gasteiger partial charge in [0.25, 0.3) is 0 Å². The average Bonchev–Trinajstić information content (AvgIpc) is 2.94. The molecule has 0 saturated carbocycles. The SMILES string of the molecule is C=CCCOc1ccc(OC(=O)c2ccc(-c3ccc(-c4ccc(C(C)O)cc4)c(F)c3F)cc2)c(F)c1F. The summed E-state index contributed by atoms with van der Waals surface area (Å²) in [5.74, 6) is -6.71. The lowest BCUT2D eigenvalue weighted by atomic mass is 9.97. The van der Waals surface area contributed by atoms with Crippen molar-refractivity contribution in [1.29, 1.82) is 0 Å². The maximum atomic E-state index is 15.0. The Hall–Kier alpha value is -4.43. The van der Waals surface area contributed by atoms with Gasteiger partial charge in [-0.15, -0.1) is 6.58 Å². The minimum absolute atomic E-state index is 0.0134. The summed E-state index contributed by atoms with van der Waals surface area (Å²) in [6.45, 7) is 5.22. The maximum absolute atomic E-state index is 15.0. The Labute approximate surface area is 222 Å². The Balaban J connectivity index is 1.50. The van der Waals surface area contributed by atoms with E-state index in [1.54, 1.807) is 37.3 Å². The van der Waals surface area contributed by atoms with Gasteiger partial charge in [-0.3, -0.25) is 0 Å². The molecule has 0 aromatic heterocycles. The van der Waals surface area contributed by atoms with Crippen molar-refractivity contribution in [3.8, 4) is 33.8 Å². The number of esters is 1. The summed E-state index contributed by atoms with van der Waals surface area (Å²) in [5, 5.41) is 9.64. The molecular formula is C31H24F4O4. The third-order valence-electron chi connectivity index (χ3n) is 6.01. The van der Waals surface area contributed by atoms with Gasteiger partial charge in [-0.1, -0.05) is 54.6 Å². The molecule has 1 atom stereocenters. The van der Waals surface area contributed by atoms with Crippen molar-refractivity contribution in [1.82, 2.24) is 0 Å². The first-order valence-corrected chi connectivity index (χ1v) is 12.0. The zero-order chi connectivity index (χ0) is 28.1. The molecule has 4 aromatic carbocycles. The molecule has 0 aliphatic carbocycles. The average molecular weight is 537 g/mol. The first-order valence-electron chi connectivity index (χ1n) is 12.0. The molecule has 8 heteroatoms. The van der Waals surface area contributed by atoms with Crippen LogP contribution in [0.25, 0.3) is 22.3 Å². The quantitative estimate of drug-likeness (QED) is 0.0780. The normalized spacial score (nSPS) is 11.6. The van der Waals surface area contributed by atoms with Crippen molar-refractivity contribution < 1.29 is 36.9 Å². The van der Waals surface area contributed by atoms with Gasteiger partial charge in [0.2, 0.25) is 11.6 Å². The van der Waals surface area contributed by atoms with E-state index in [-0.39, 0.29) is 34.6 Å². The molecule has 0 fully saturated rings. The molecule has 4 aromatic rings. The minimum atomic E-state index is -1.38. The number of rotatable bonds is 9. The first-order chi connectivity index (χ1) is 18.7. The van der Waals surface area contributed by atoms with Gasteiger partial charge in [-0.25, -0.2) is 13.6 Å². The molecule has 0 saturated heterocycles. The molecule has 1 unspecified atom stereocenters. The van der Waals surface area contributed by atoms with Crippen LogP contribution >= 0.6 is 0 Å². The van der Waals surface area contributed by atoms with Crippen LogP contribution in [-0.4, -0.2) is 17.7 Å². The highest BCUT2D eigenvalue weighted by Crippen LogP contribution is 2.33. The number of carbonyl (C=O) groups is 1. The highest BCUT2D eigenvalue weighted by atomic mass is 19.2. The van der Waals surface area contributed by atoms with E-state index in [2.05, 4.69) is 6.58 Å². The van der Waals surface area contributed by atoms with Crippen LogP contribution < -0.4 is 9.47 Å². The lowest BCUT2D eigenvalue weighted by Gasteiger charge is -2.12. The molecule has 1 N–H and O–H groups in total. The molecule has 200 valence electrons. The second-order valence-electron chi connectivity index (χ2n) is 8.67. The Kier molecular flexibility index (Phi) is 8.46. The molecule has 0 radical (unpaired) electrons. The second-order valence-corrected chi connectivity index (χ2v) is 8.67. The largest absolute Gasteiger partial charge is 0.490 e. The molecule has 39 heavy (non-hydrogen) atoms. The molecule has 0 aliphatic rings. The van der Waals surface area contributed by atoms with E-state index < -0.39 is 41.1 Å². The van der Waals surface area contributed by atoms with Gasteiger partial charge >= 0.3 is 5.97 Å². The van der Waals surface area contributed by atoms with E-state index in [0.717, 1.165) is 12.1 Å². The number of halogens is 4. The number of carbonyl (C=O) groups excluding carboxylic acids is 1. The van der Waals surface area contributed by atoms with Crippen LogP contribution in [0.1, 0.15) is 35.4 Å². The maximum Gasteiger partial charge on any atom is 0.343 e. The summed E-state index contributed by atoms with van der Waals surface area (Å²) in [4.78, 5) is 12.5. The van der Waals surface area contributed by atoms with Crippen molar-refractivity contribution >= 4 is 5.97 Å². The molecule has 0 amide bonds. The van der Waals surface area contributed by atoms with Gasteiger partial charge in [0, 0.05) is 11.1 Å². The lowest BCUT2D eigenvalue weighted by Crippen LogP contribution is -2.10. The van der Waals surface area contributed by atoms with Crippen molar-refractivity contribution in [2.24, 2.45) is 0 Å². The van der Waals surface area contributed by atoms with E-state index in [1.165, 1.54) is 36.4 Å². The predicted octanol–water partition coefficient (Wildman–Crippen LogP) is 7.80. The van der Waals surface area contributed by atoms with Crippen LogP contribution in [-0.2, 0) is 0 Å². The fourth-order valence-electron chi connectivity index (χ4n) is 3.84. The lowest BCUT2D eigenvalue weighted by molar-refractivity contribution is 0.0726. The Bertz CT molecular complexity index is 1500. The van der Waals surface area contributed by atoms with Crippen molar-refractivity contribution in [3.05, 3.63) is 120 Å². The van der Waals surface area contributed by atoms with Crippen molar-refractivity contribution in [3.63, 3.8) is 0 Å². The van der Waals surface area contributed by atoms with E-state index in [1.807, 2.05) is 0 Å². The standard InChI is InChI=1S/C31H24F4O4/c1-3-4-17-38-25-15-16-26(30(35)29(25)34)39-31(37)22-11-9-21(10-12-22)24-14-13-23(27(32)28(24)33)20-7-5-19(6-8-20)18(2)36/h3,5-16,18,36H,1,4,17H2,2H3. The summed E-state index contributed by atoms with van der Waals surface area (Å²) in [6, 6.07) is 16.9. The van der Waals surface area contributed by atoms with Crippen molar-refractivity contribution in [2.75, 3.05) is 6.61 Å². The highest BCUT2D eigenvalue weighted by molar-refractivity contribution is 5.91. The predicted molar refractivity (Wildman–Crippen MR) is 139 cm³/mol. The molecule has 0 bridgehead atoms. The number of aliphatic hydroxyl groups is 1. The van der Waals surface area contributed by atoms with Crippen LogP contribution in [0.2, 0.25) is 0 Å². The van der Waals surface area contributed by atoms with E-state index in [4.69, 9.17) is 9.47 Å². The molecule has 0 spiro atoms. The summed E-state index contributed by atoms with van der Waals surface area (Å²) in [5.41, 5.74) is 1.39. The number of hydrogen-bond acceptors (Lipinski definition) is 4. The molecule has 4 rings (SSSR count). The Morgan fingerprint density at radius 1 is 0.795 bits per heavy atom. The van der Waals surface area contributed by atoms with Gasteiger partial charge < -0.3 is 14.6 Å². The van der Waals surface area contributed by atoms with E-state index in [0.29, 0.717) is 17.5 Å². The third kappa shape index (κ3) is 6.02. The second kappa shape index (κ2) is 12.0. The molecule has 0 aliphatic heterocycles. The third-order valence-corrected chi connectivity index (χ3v) is 6.01. The van der Waals surface area contributed by atoms with Gasteiger partial charge in [0.05, 0.1) is 18.3 Å². The Morgan fingerprint density at radius 3 is 1.85 bits per heavy atom. The molecule has 4 nitrogen and oxygen atoms in total. The van der Waals surface area contributed by atoms with Gasteiger partial charge in [-0.2, -0.15) is 8.78 Å². The molecular weight excluding hydrogens is 512 g/mol. The van der Waals surface area contributed by atoms with Crippen LogP contribution in [0, 0.1) is 23.3 Å².